The fourth-order valence-electron chi connectivity index (χ4n) is 9.41. The van der Waals surface area contributed by atoms with E-state index in [1.165, 1.54) is 173 Å². The molecule has 0 aliphatic rings. The highest BCUT2D eigenvalue weighted by atomic mass is 16.6. The van der Waals surface area contributed by atoms with Gasteiger partial charge in [0.2, 0.25) is 0 Å². The van der Waals surface area contributed by atoms with E-state index in [0.29, 0.717) is 19.3 Å². The van der Waals surface area contributed by atoms with Crippen LogP contribution in [0.2, 0.25) is 0 Å². The highest BCUT2D eigenvalue weighted by molar-refractivity contribution is 5.71. The Morgan fingerprint density at radius 1 is 0.273 bits per heavy atom. The zero-order valence-corrected chi connectivity index (χ0v) is 51.0. The molecule has 0 saturated carbocycles. The fraction of sp³-hybridized carbons (Fsp3) is 0.761. The summed E-state index contributed by atoms with van der Waals surface area (Å²) in [5, 5.41) is 0. The highest BCUT2D eigenvalue weighted by Crippen LogP contribution is 2.17. The van der Waals surface area contributed by atoms with Crippen LogP contribution >= 0.6 is 0 Å². The Bertz CT molecular complexity index is 1470. The largest absolute Gasteiger partial charge is 0.462 e. The highest BCUT2D eigenvalue weighted by Gasteiger charge is 2.19. The zero-order valence-electron chi connectivity index (χ0n) is 51.0. The molecule has 1 atom stereocenters. The van der Waals surface area contributed by atoms with Gasteiger partial charge in [-0.1, -0.05) is 286 Å². The molecule has 0 saturated heterocycles. The molecular formula is C71H124O6. The minimum absolute atomic E-state index is 0.0789. The van der Waals surface area contributed by atoms with E-state index >= 15 is 0 Å². The lowest BCUT2D eigenvalue weighted by atomic mass is 10.0. The van der Waals surface area contributed by atoms with Crippen molar-refractivity contribution in [1.82, 2.24) is 0 Å². The summed E-state index contributed by atoms with van der Waals surface area (Å²) in [6.07, 6.45) is 86.2. The van der Waals surface area contributed by atoms with Crippen molar-refractivity contribution >= 4 is 17.9 Å². The number of allylic oxidation sites excluding steroid dienone is 14. The number of hydrogen-bond donors (Lipinski definition) is 0. The number of rotatable bonds is 60. The molecule has 0 N–H and O–H groups in total. The van der Waals surface area contributed by atoms with E-state index in [9.17, 15) is 14.4 Å². The molecule has 0 aromatic carbocycles. The second-order valence-electron chi connectivity index (χ2n) is 22.0. The molecular weight excluding hydrogens is 949 g/mol. The molecule has 0 bridgehead atoms. The van der Waals surface area contributed by atoms with E-state index in [0.717, 1.165) is 116 Å². The predicted octanol–water partition coefficient (Wildman–Crippen LogP) is 22.7. The number of unbranched alkanes of at least 4 members (excludes halogenated alkanes) is 35. The van der Waals surface area contributed by atoms with Crippen LogP contribution < -0.4 is 0 Å². The number of carbonyl (C=O) groups is 3. The molecule has 1 unspecified atom stereocenters. The third-order valence-electron chi connectivity index (χ3n) is 14.3. The number of carbonyl (C=O) groups excluding carboxylic acids is 3. The third kappa shape index (κ3) is 63.3. The van der Waals surface area contributed by atoms with Crippen LogP contribution in [0.1, 0.15) is 329 Å². The lowest BCUT2D eigenvalue weighted by Gasteiger charge is -2.18. The van der Waals surface area contributed by atoms with E-state index in [2.05, 4.69) is 106 Å². The summed E-state index contributed by atoms with van der Waals surface area (Å²) >= 11 is 0. The quantitative estimate of drug-likeness (QED) is 0.0261. The van der Waals surface area contributed by atoms with Crippen LogP contribution in [0.4, 0.5) is 0 Å². The summed E-state index contributed by atoms with van der Waals surface area (Å²) in [4.78, 5) is 38.2. The summed E-state index contributed by atoms with van der Waals surface area (Å²) in [6, 6.07) is 0. The molecule has 0 spiro atoms. The van der Waals surface area contributed by atoms with Crippen molar-refractivity contribution in [3.63, 3.8) is 0 Å². The Hall–Kier alpha value is -3.41. The zero-order chi connectivity index (χ0) is 55.7. The minimum Gasteiger partial charge on any atom is -0.462 e. The van der Waals surface area contributed by atoms with E-state index in [1.54, 1.807) is 0 Å². The van der Waals surface area contributed by atoms with Crippen LogP contribution in [0.5, 0.6) is 0 Å². The van der Waals surface area contributed by atoms with Crippen molar-refractivity contribution in [2.75, 3.05) is 13.2 Å². The molecule has 0 heterocycles. The van der Waals surface area contributed by atoms with Crippen molar-refractivity contribution < 1.29 is 28.6 Å². The van der Waals surface area contributed by atoms with Crippen molar-refractivity contribution in [2.24, 2.45) is 0 Å². The van der Waals surface area contributed by atoms with Gasteiger partial charge in [0, 0.05) is 19.3 Å². The second kappa shape index (κ2) is 65.1. The monoisotopic (exact) mass is 1070 g/mol. The maximum Gasteiger partial charge on any atom is 0.306 e. The van der Waals surface area contributed by atoms with Crippen LogP contribution in [0.15, 0.2) is 85.1 Å². The van der Waals surface area contributed by atoms with Gasteiger partial charge in [-0.2, -0.15) is 0 Å². The second-order valence-corrected chi connectivity index (χ2v) is 22.0. The first-order valence-corrected chi connectivity index (χ1v) is 33.1. The summed E-state index contributed by atoms with van der Waals surface area (Å²) in [6.45, 7) is 6.48. The van der Waals surface area contributed by atoms with Crippen molar-refractivity contribution in [1.29, 1.82) is 0 Å². The molecule has 0 amide bonds. The van der Waals surface area contributed by atoms with Crippen LogP contribution in [0.3, 0.4) is 0 Å². The van der Waals surface area contributed by atoms with E-state index in [-0.39, 0.29) is 31.1 Å². The molecule has 77 heavy (non-hydrogen) atoms. The van der Waals surface area contributed by atoms with Crippen LogP contribution in [0, 0.1) is 0 Å². The third-order valence-corrected chi connectivity index (χ3v) is 14.3. The average Bonchev–Trinajstić information content (AvgIpc) is 3.43. The van der Waals surface area contributed by atoms with Crippen molar-refractivity contribution in [2.45, 2.75) is 335 Å². The fourth-order valence-corrected chi connectivity index (χ4v) is 9.41. The van der Waals surface area contributed by atoms with Crippen LogP contribution in [-0.4, -0.2) is 37.2 Å². The molecule has 6 nitrogen and oxygen atoms in total. The van der Waals surface area contributed by atoms with E-state index in [4.69, 9.17) is 14.2 Å². The van der Waals surface area contributed by atoms with Gasteiger partial charge in [-0.3, -0.25) is 14.4 Å². The molecule has 0 aliphatic carbocycles. The standard InChI is InChI=1S/C71H124O6/c1-4-7-10-13-16-19-22-24-26-28-29-30-31-32-33-34-35-36-37-38-39-40-41-42-43-44-46-47-49-52-55-58-61-64-70(73)76-67-68(66-75-69(72)63-60-57-54-51-21-18-15-12-9-6-3)77-71(74)65-62-59-56-53-50-48-45-27-25-23-20-17-14-11-8-5-2/h7,10,12,15-16,19,24,26-27,29-30,32-33,45,68H,4-6,8-9,11,13-14,17-18,20-23,25,28,31,34-44,46-67H2,1-3H3/b10-7-,15-12-,19-16-,26-24-,30-29-,33-32-,45-27-. The predicted molar refractivity (Wildman–Crippen MR) is 334 cm³/mol. The van der Waals surface area contributed by atoms with Crippen molar-refractivity contribution in [3.8, 4) is 0 Å². The Kier molecular flexibility index (Phi) is 62.2. The van der Waals surface area contributed by atoms with Crippen LogP contribution in [-0.2, 0) is 28.6 Å². The van der Waals surface area contributed by atoms with Gasteiger partial charge in [0.15, 0.2) is 6.10 Å². The lowest BCUT2D eigenvalue weighted by molar-refractivity contribution is -0.167. The SMILES string of the molecule is CC/C=C\C/C=C\C/C=C\C/C=C\C/C=C\CCCCCCCCCCCCCCCCCCCC(=O)OCC(COC(=O)CCCCCCC/C=C\CCC)OC(=O)CCCCCCC/C=C\CCCCCCCCC. The Labute approximate surface area is 477 Å². The Morgan fingerprint density at radius 3 is 0.857 bits per heavy atom. The first-order chi connectivity index (χ1) is 38.0. The van der Waals surface area contributed by atoms with Gasteiger partial charge in [0.1, 0.15) is 13.2 Å². The summed E-state index contributed by atoms with van der Waals surface area (Å²) in [7, 11) is 0. The van der Waals surface area contributed by atoms with Gasteiger partial charge in [-0.15, -0.1) is 0 Å². The molecule has 6 heteroatoms. The maximum absolute atomic E-state index is 12.9. The van der Waals surface area contributed by atoms with Gasteiger partial charge >= 0.3 is 17.9 Å². The molecule has 0 rings (SSSR count). The first-order valence-electron chi connectivity index (χ1n) is 33.1. The lowest BCUT2D eigenvalue weighted by Crippen LogP contribution is -2.30. The number of esters is 3. The van der Waals surface area contributed by atoms with Crippen molar-refractivity contribution in [3.05, 3.63) is 85.1 Å². The molecule has 0 aromatic rings. The summed E-state index contributed by atoms with van der Waals surface area (Å²) in [5.74, 6) is -0.885. The average molecular weight is 1070 g/mol. The van der Waals surface area contributed by atoms with Gasteiger partial charge in [-0.25, -0.2) is 0 Å². The van der Waals surface area contributed by atoms with E-state index < -0.39 is 6.10 Å². The number of hydrogen-bond acceptors (Lipinski definition) is 6. The maximum atomic E-state index is 12.9. The van der Waals surface area contributed by atoms with Gasteiger partial charge in [-0.05, 0) is 109 Å². The Balaban J connectivity index is 4.10. The van der Waals surface area contributed by atoms with Crippen LogP contribution in [0.25, 0.3) is 0 Å². The minimum atomic E-state index is -0.782. The first kappa shape index (κ1) is 73.6. The number of ether oxygens (including phenoxy) is 3. The van der Waals surface area contributed by atoms with E-state index in [1.807, 2.05) is 0 Å². The van der Waals surface area contributed by atoms with Gasteiger partial charge in [0.05, 0.1) is 0 Å². The topological polar surface area (TPSA) is 78.9 Å². The molecule has 0 aromatic heterocycles. The molecule has 0 radical (unpaired) electrons. The molecule has 0 fully saturated rings. The normalized spacial score (nSPS) is 12.6. The smallest absolute Gasteiger partial charge is 0.306 e. The molecule has 444 valence electrons. The summed E-state index contributed by atoms with van der Waals surface area (Å²) in [5.41, 5.74) is 0. The van der Waals surface area contributed by atoms with Gasteiger partial charge in [0.25, 0.3) is 0 Å². The Morgan fingerprint density at radius 2 is 0.532 bits per heavy atom. The van der Waals surface area contributed by atoms with Gasteiger partial charge < -0.3 is 14.2 Å². The molecule has 0 aliphatic heterocycles. The summed E-state index contributed by atoms with van der Waals surface area (Å²) < 4.78 is 16.9.